The van der Waals surface area contributed by atoms with Crippen LogP contribution in [-0.4, -0.2) is 60.2 Å². The smallest absolute Gasteiger partial charge is 0.488 e. The van der Waals surface area contributed by atoms with Gasteiger partial charge in [-0.3, -0.25) is 10.0 Å². The van der Waals surface area contributed by atoms with E-state index in [4.69, 9.17) is 48.9 Å². The van der Waals surface area contributed by atoms with E-state index in [1.807, 2.05) is 0 Å². The Morgan fingerprint density at radius 2 is 1.19 bits per heavy atom. The molecule has 0 bridgehead atoms. The molecule has 0 spiro atoms. The maximum atomic E-state index is 6.40. The molecule has 242 valence electrons. The molecule has 0 radical (unpaired) electrons. The lowest BCUT2D eigenvalue weighted by Gasteiger charge is -2.42. The molecule has 7 N–H and O–H groups in total. The zero-order valence-electron chi connectivity index (χ0n) is 26.7. The number of allylic oxidation sites excluding steroid dienone is 6. The monoisotopic (exact) mass is 637 g/mol. The molecule has 0 saturated carbocycles. The van der Waals surface area contributed by atoms with Gasteiger partial charge in [0.25, 0.3) is 0 Å². The number of hydrazine groups is 1. The lowest BCUT2D eigenvalue weighted by molar-refractivity contribution is 0.0992. The molecule has 0 aromatic rings. The average molecular weight is 638 g/mol. The Kier molecular flexibility index (Phi) is 14.8. The molecule has 1 unspecified atom stereocenters. The van der Waals surface area contributed by atoms with Crippen LogP contribution in [0.15, 0.2) is 84.0 Å². The summed E-state index contributed by atoms with van der Waals surface area (Å²) in [7, 11) is -8.07. The molecule has 1 atom stereocenters. The van der Waals surface area contributed by atoms with Gasteiger partial charge in [0.1, 0.15) is 12.0 Å². The molecule has 1 heterocycles. The van der Waals surface area contributed by atoms with E-state index in [0.29, 0.717) is 72.3 Å². The standard InChI is InChI=1S/C28H51N7O6Si2/c1-19(2)36-42(37-20(3)4,38-21(5)6)27(43(39-22(7)8,40-23(9)10)41-24(11)12)15-18-32-28-34-25(13-16-29)33-26(14-17-30)35(28)31/h26-27H,1,3,5,7,9,11,13-18,29-31H2,2,4,6,8,10,12H3,(H,32,33,34). The molecule has 0 saturated heterocycles. The molecule has 1 aliphatic heterocycles. The summed E-state index contributed by atoms with van der Waals surface area (Å²) in [5, 5.41) is 3.75. The fourth-order valence-corrected chi connectivity index (χ4v) is 12.0. The molecule has 0 aliphatic carbocycles. The van der Waals surface area contributed by atoms with Gasteiger partial charge in [-0.2, -0.15) is 0 Å². The van der Waals surface area contributed by atoms with Gasteiger partial charge in [0.05, 0.1) is 34.6 Å². The molecule has 1 rings (SSSR count). The van der Waals surface area contributed by atoms with Crippen molar-refractivity contribution in [2.24, 2.45) is 27.3 Å². The normalized spacial score (nSPS) is 16.0. The van der Waals surface area contributed by atoms with Crippen LogP contribution in [0, 0.1) is 0 Å². The highest BCUT2D eigenvalue weighted by Gasteiger charge is 2.75. The molecular weight excluding hydrogens is 587 g/mol. The van der Waals surface area contributed by atoms with Crippen molar-refractivity contribution in [3.63, 3.8) is 0 Å². The third-order valence-electron chi connectivity index (χ3n) is 5.36. The van der Waals surface area contributed by atoms with Gasteiger partial charge in [0.2, 0.25) is 5.96 Å². The Balaban J connectivity index is 3.90. The predicted molar refractivity (Wildman–Crippen MR) is 175 cm³/mol. The number of guanidine groups is 1. The van der Waals surface area contributed by atoms with E-state index < -0.39 is 28.9 Å². The van der Waals surface area contributed by atoms with E-state index in [1.54, 1.807) is 41.5 Å². The van der Waals surface area contributed by atoms with Crippen molar-refractivity contribution >= 4 is 29.4 Å². The second-order valence-electron chi connectivity index (χ2n) is 10.3. The first-order chi connectivity index (χ1) is 20.0. The summed E-state index contributed by atoms with van der Waals surface area (Å²) in [6, 6.07) is 0. The lowest BCUT2D eigenvalue weighted by Crippen LogP contribution is -2.63. The van der Waals surface area contributed by atoms with Gasteiger partial charge in [-0.15, -0.1) is 0 Å². The summed E-state index contributed by atoms with van der Waals surface area (Å²) in [6.45, 7) is 34.8. The molecule has 15 heteroatoms. The van der Waals surface area contributed by atoms with Crippen LogP contribution in [0.5, 0.6) is 0 Å². The summed E-state index contributed by atoms with van der Waals surface area (Å²) >= 11 is 0. The highest BCUT2D eigenvalue weighted by Crippen LogP contribution is 2.44. The van der Waals surface area contributed by atoms with Crippen molar-refractivity contribution in [3.8, 4) is 0 Å². The van der Waals surface area contributed by atoms with Crippen LogP contribution in [0.4, 0.5) is 0 Å². The van der Waals surface area contributed by atoms with Gasteiger partial charge in [-0.25, -0.2) is 10.8 Å². The van der Waals surface area contributed by atoms with Crippen molar-refractivity contribution in [1.29, 1.82) is 0 Å². The summed E-state index contributed by atoms with van der Waals surface area (Å²) in [5.41, 5.74) is 11.6. The van der Waals surface area contributed by atoms with Crippen LogP contribution >= 0.6 is 0 Å². The Morgan fingerprint density at radius 3 is 1.51 bits per heavy atom. The maximum Gasteiger partial charge on any atom is 0.710 e. The van der Waals surface area contributed by atoms with E-state index in [9.17, 15) is 0 Å². The van der Waals surface area contributed by atoms with Gasteiger partial charge in [0, 0.05) is 19.4 Å². The average Bonchev–Trinajstić information content (AvgIpc) is 2.81. The van der Waals surface area contributed by atoms with Crippen LogP contribution < -0.4 is 22.6 Å². The molecule has 0 aromatic carbocycles. The second kappa shape index (κ2) is 17.0. The number of nitrogens with one attached hydrogen (secondary N) is 1. The van der Waals surface area contributed by atoms with Crippen LogP contribution in [-0.2, 0) is 26.6 Å². The minimum atomic E-state index is -4.03. The first kappa shape index (κ1) is 37.5. The minimum absolute atomic E-state index is 0.159. The predicted octanol–water partition coefficient (Wildman–Crippen LogP) is 4.02. The Morgan fingerprint density at radius 1 is 0.791 bits per heavy atom. The number of nitrogens with two attached hydrogens (primary N) is 3. The number of hydrogen-bond donors (Lipinski definition) is 4. The van der Waals surface area contributed by atoms with Crippen LogP contribution in [0.1, 0.15) is 60.8 Å². The lowest BCUT2D eigenvalue weighted by atomic mass is 10.3. The van der Waals surface area contributed by atoms with Gasteiger partial charge >= 0.3 is 17.6 Å². The van der Waals surface area contributed by atoms with E-state index in [2.05, 4.69) is 49.8 Å². The second-order valence-corrected chi connectivity index (χ2v) is 15.9. The van der Waals surface area contributed by atoms with Crippen molar-refractivity contribution < 1.29 is 26.6 Å². The van der Waals surface area contributed by atoms with Crippen LogP contribution in [0.3, 0.4) is 0 Å². The van der Waals surface area contributed by atoms with Gasteiger partial charge in [-0.1, -0.05) is 39.5 Å². The zero-order valence-corrected chi connectivity index (χ0v) is 28.7. The first-order valence-electron chi connectivity index (χ1n) is 13.9. The molecule has 0 aromatic heterocycles. The molecular formula is C28H51N7O6Si2. The fraction of sp³-hybridized carbons (Fsp3) is 0.500. The summed E-state index contributed by atoms with van der Waals surface area (Å²) in [5.74, 6) is 9.38. The van der Waals surface area contributed by atoms with Gasteiger partial charge in [0.15, 0.2) is 5.16 Å². The maximum absolute atomic E-state index is 6.40. The molecule has 0 fully saturated rings. The van der Waals surface area contributed by atoms with E-state index in [0.717, 1.165) is 0 Å². The molecule has 1 aliphatic rings. The van der Waals surface area contributed by atoms with Crippen molar-refractivity contribution in [2.75, 3.05) is 19.6 Å². The van der Waals surface area contributed by atoms with Crippen LogP contribution in [0.25, 0.3) is 0 Å². The van der Waals surface area contributed by atoms with E-state index >= 15 is 0 Å². The SMILES string of the molecule is C=C(C)O[Si](OC(=C)C)(OC(=C)C)C(CCN=C1NC(CCN)=NC(CCN)N1N)[Si](OC(=C)C)(OC(=C)C)OC(=C)C. The third-order valence-corrected chi connectivity index (χ3v) is 13.6. The first-order valence-corrected chi connectivity index (χ1v) is 17.5. The Labute approximate surface area is 259 Å². The van der Waals surface area contributed by atoms with Gasteiger partial charge in [-0.05, 0) is 61.1 Å². The number of nitrogens with zero attached hydrogens (tertiary/aromatic N) is 3. The van der Waals surface area contributed by atoms with E-state index in [-0.39, 0.29) is 13.0 Å². The van der Waals surface area contributed by atoms with E-state index in [1.165, 1.54) is 5.01 Å². The zero-order chi connectivity index (χ0) is 33.0. The number of aliphatic imine (C=N–C) groups is 2. The fourth-order valence-electron chi connectivity index (χ4n) is 4.23. The van der Waals surface area contributed by atoms with Gasteiger partial charge < -0.3 is 43.3 Å². The highest BCUT2D eigenvalue weighted by molar-refractivity contribution is 6.83. The van der Waals surface area contributed by atoms with Crippen molar-refractivity contribution in [3.05, 3.63) is 74.0 Å². The quantitative estimate of drug-likeness (QED) is 0.0813. The van der Waals surface area contributed by atoms with Crippen LogP contribution in [0.2, 0.25) is 5.16 Å². The number of hydrogen-bond acceptors (Lipinski definition) is 11. The minimum Gasteiger partial charge on any atom is -0.488 e. The topological polar surface area (TPSA) is 173 Å². The molecule has 43 heavy (non-hydrogen) atoms. The highest BCUT2D eigenvalue weighted by atomic mass is 28.5. The Hall–Kier alpha value is -3.51. The Bertz CT molecular complexity index is 989. The number of amidine groups is 1. The van der Waals surface area contributed by atoms with Crippen molar-refractivity contribution in [1.82, 2.24) is 10.3 Å². The summed E-state index contributed by atoms with van der Waals surface area (Å²) in [4.78, 5) is 9.40. The van der Waals surface area contributed by atoms with Crippen molar-refractivity contribution in [2.45, 2.75) is 72.1 Å². The largest absolute Gasteiger partial charge is 0.710 e. The number of rotatable bonds is 21. The summed E-state index contributed by atoms with van der Waals surface area (Å²) in [6.07, 6.45) is 0.833. The molecule has 0 amide bonds. The molecule has 13 nitrogen and oxygen atoms in total. The third kappa shape index (κ3) is 11.6. The summed E-state index contributed by atoms with van der Waals surface area (Å²) < 4.78 is 38.2.